The summed E-state index contributed by atoms with van der Waals surface area (Å²) in [5.74, 6) is 1.89. The molecule has 1 aliphatic heterocycles. The molecule has 0 aromatic rings. The normalized spacial score (nSPS) is 40.6. The summed E-state index contributed by atoms with van der Waals surface area (Å²) in [6, 6.07) is 0.692. The van der Waals surface area contributed by atoms with E-state index in [0.29, 0.717) is 17.1 Å². The minimum Gasteiger partial charge on any atom is -0.308 e. The topological polar surface area (TPSA) is 15.3 Å². The first-order valence-electron chi connectivity index (χ1n) is 7.45. The Balaban J connectivity index is 1.77. The first kappa shape index (κ1) is 12.0. The number of hydrogen-bond acceptors (Lipinski definition) is 2. The van der Waals surface area contributed by atoms with Crippen LogP contribution >= 0.6 is 0 Å². The van der Waals surface area contributed by atoms with Crippen molar-refractivity contribution >= 4 is 0 Å². The second-order valence-electron chi connectivity index (χ2n) is 7.48. The Hall–Kier alpha value is -0.0800. The first-order valence-corrected chi connectivity index (χ1v) is 7.45. The largest absolute Gasteiger partial charge is 0.308 e. The summed E-state index contributed by atoms with van der Waals surface area (Å²) >= 11 is 0. The highest BCUT2D eigenvalue weighted by atomic mass is 15.3. The quantitative estimate of drug-likeness (QED) is 0.810. The molecule has 0 radical (unpaired) electrons. The fourth-order valence-corrected chi connectivity index (χ4v) is 3.85. The van der Waals surface area contributed by atoms with Gasteiger partial charge in [-0.15, -0.1) is 0 Å². The van der Waals surface area contributed by atoms with Crippen LogP contribution in [-0.2, 0) is 0 Å². The molecule has 1 saturated heterocycles. The molecule has 2 nitrogen and oxygen atoms in total. The van der Waals surface area contributed by atoms with Gasteiger partial charge in [0.25, 0.3) is 0 Å². The van der Waals surface area contributed by atoms with Crippen LogP contribution < -0.4 is 5.32 Å². The first-order chi connectivity index (χ1) is 7.93. The van der Waals surface area contributed by atoms with Gasteiger partial charge in [-0.1, -0.05) is 0 Å². The summed E-state index contributed by atoms with van der Waals surface area (Å²) in [4.78, 5) is 2.81. The maximum Gasteiger partial charge on any atom is 0.0309 e. The van der Waals surface area contributed by atoms with E-state index in [-0.39, 0.29) is 0 Å². The summed E-state index contributed by atoms with van der Waals surface area (Å²) in [6.45, 7) is 12.2. The van der Waals surface area contributed by atoms with Crippen LogP contribution in [0.4, 0.5) is 0 Å². The molecule has 0 spiro atoms. The maximum absolute atomic E-state index is 3.83. The van der Waals surface area contributed by atoms with Crippen LogP contribution in [0.15, 0.2) is 0 Å². The Morgan fingerprint density at radius 2 is 1.82 bits per heavy atom. The lowest BCUT2D eigenvalue weighted by Crippen LogP contribution is -2.68. The van der Waals surface area contributed by atoms with E-state index in [1.807, 2.05) is 0 Å². The third-order valence-electron chi connectivity index (χ3n) is 5.63. The highest BCUT2D eigenvalue weighted by Gasteiger charge is 2.51. The van der Waals surface area contributed by atoms with Crippen LogP contribution in [-0.4, -0.2) is 35.1 Å². The molecule has 0 aromatic carbocycles. The average molecular weight is 236 g/mol. The second kappa shape index (κ2) is 3.71. The van der Waals surface area contributed by atoms with Crippen molar-refractivity contribution in [3.63, 3.8) is 0 Å². The van der Waals surface area contributed by atoms with Gasteiger partial charge < -0.3 is 5.32 Å². The van der Waals surface area contributed by atoms with E-state index in [9.17, 15) is 0 Å². The lowest BCUT2D eigenvalue weighted by Gasteiger charge is -2.52. The minimum atomic E-state index is 0.388. The highest BCUT2D eigenvalue weighted by molar-refractivity contribution is 5.08. The predicted octanol–water partition coefficient (Wildman–Crippen LogP) is 2.64. The van der Waals surface area contributed by atoms with Crippen molar-refractivity contribution < 1.29 is 0 Å². The molecule has 2 aliphatic carbocycles. The number of piperazine rings is 1. The van der Waals surface area contributed by atoms with Crippen LogP contribution in [0.25, 0.3) is 0 Å². The predicted molar refractivity (Wildman–Crippen MR) is 72.1 cm³/mol. The molecule has 2 saturated carbocycles. The van der Waals surface area contributed by atoms with Crippen molar-refractivity contribution in [2.75, 3.05) is 13.1 Å². The minimum absolute atomic E-state index is 0.388. The zero-order chi connectivity index (χ0) is 12.3. The Morgan fingerprint density at radius 3 is 2.35 bits per heavy atom. The van der Waals surface area contributed by atoms with Gasteiger partial charge >= 0.3 is 0 Å². The molecule has 0 bridgehead atoms. The van der Waals surface area contributed by atoms with Crippen molar-refractivity contribution in [2.45, 2.75) is 70.5 Å². The smallest absolute Gasteiger partial charge is 0.0309 e. The third-order valence-corrected chi connectivity index (χ3v) is 5.63. The van der Waals surface area contributed by atoms with Crippen molar-refractivity contribution in [3.8, 4) is 0 Å². The number of nitrogens with one attached hydrogen (secondary N) is 1. The highest BCUT2D eigenvalue weighted by Crippen LogP contribution is 2.47. The van der Waals surface area contributed by atoms with Crippen LogP contribution in [0.1, 0.15) is 53.4 Å². The molecule has 3 rings (SSSR count). The number of hydrogen-bond donors (Lipinski definition) is 1. The lowest BCUT2D eigenvalue weighted by atomic mass is 9.85. The number of nitrogens with zero attached hydrogens (tertiary/aromatic N) is 1. The van der Waals surface area contributed by atoms with Crippen molar-refractivity contribution in [1.82, 2.24) is 10.2 Å². The van der Waals surface area contributed by atoms with Gasteiger partial charge in [-0.2, -0.15) is 0 Å². The number of rotatable bonds is 3. The molecule has 1 N–H and O–H groups in total. The molecule has 1 heterocycles. The van der Waals surface area contributed by atoms with Gasteiger partial charge in [-0.3, -0.25) is 4.90 Å². The van der Waals surface area contributed by atoms with Crippen LogP contribution in [0, 0.1) is 11.8 Å². The molecule has 2 heteroatoms. The average Bonchev–Trinajstić information content (AvgIpc) is 3.13. The monoisotopic (exact) mass is 236 g/mol. The summed E-state index contributed by atoms with van der Waals surface area (Å²) in [7, 11) is 0. The Labute approximate surface area is 106 Å². The van der Waals surface area contributed by atoms with Gasteiger partial charge in [0.05, 0.1) is 0 Å². The lowest BCUT2D eigenvalue weighted by molar-refractivity contribution is -0.00632. The summed E-state index contributed by atoms with van der Waals surface area (Å²) in [5, 5.41) is 3.83. The molecular formula is C15H28N2. The van der Waals surface area contributed by atoms with Gasteiger partial charge in [-0.25, -0.2) is 0 Å². The van der Waals surface area contributed by atoms with E-state index < -0.39 is 0 Å². The van der Waals surface area contributed by atoms with E-state index in [1.54, 1.807) is 0 Å². The molecule has 3 fully saturated rings. The molecule has 2 unspecified atom stereocenters. The summed E-state index contributed by atoms with van der Waals surface area (Å²) < 4.78 is 0. The van der Waals surface area contributed by atoms with E-state index >= 15 is 0 Å². The summed E-state index contributed by atoms with van der Waals surface area (Å²) in [5.41, 5.74) is 0.802. The molecular weight excluding hydrogens is 208 g/mol. The van der Waals surface area contributed by atoms with Crippen LogP contribution in [0.2, 0.25) is 0 Å². The Bertz CT molecular complexity index is 304. The van der Waals surface area contributed by atoms with E-state index in [4.69, 9.17) is 0 Å². The summed E-state index contributed by atoms with van der Waals surface area (Å²) in [6.07, 6.45) is 5.78. The zero-order valence-electron chi connectivity index (χ0n) is 11.9. The van der Waals surface area contributed by atoms with Crippen molar-refractivity contribution in [3.05, 3.63) is 0 Å². The van der Waals surface area contributed by atoms with Gasteiger partial charge in [0.15, 0.2) is 0 Å². The van der Waals surface area contributed by atoms with Gasteiger partial charge in [0, 0.05) is 30.2 Å². The molecule has 17 heavy (non-hydrogen) atoms. The Morgan fingerprint density at radius 1 is 1.18 bits per heavy atom. The zero-order valence-corrected chi connectivity index (χ0v) is 11.9. The van der Waals surface area contributed by atoms with E-state index in [2.05, 4.69) is 37.9 Å². The van der Waals surface area contributed by atoms with Crippen molar-refractivity contribution in [1.29, 1.82) is 0 Å². The molecule has 3 aliphatic rings. The molecule has 2 atom stereocenters. The SMILES string of the molecule is CC1CNC(C)(C2CC2)CN1C(C)(C)C1CC1. The fraction of sp³-hybridized carbons (Fsp3) is 1.00. The third kappa shape index (κ3) is 2.04. The van der Waals surface area contributed by atoms with Crippen molar-refractivity contribution in [2.24, 2.45) is 11.8 Å². The van der Waals surface area contributed by atoms with Gasteiger partial charge in [0.2, 0.25) is 0 Å². The molecule has 98 valence electrons. The van der Waals surface area contributed by atoms with Gasteiger partial charge in [-0.05, 0) is 65.2 Å². The van der Waals surface area contributed by atoms with E-state index in [1.165, 1.54) is 38.8 Å². The standard InChI is InChI=1S/C15H28N2/c1-11-9-16-15(4,13-7-8-13)10-17(11)14(2,3)12-5-6-12/h11-13,16H,5-10H2,1-4H3. The van der Waals surface area contributed by atoms with Crippen LogP contribution in [0.5, 0.6) is 0 Å². The van der Waals surface area contributed by atoms with Crippen LogP contribution in [0.3, 0.4) is 0 Å². The second-order valence-corrected chi connectivity index (χ2v) is 7.48. The molecule has 0 aromatic heterocycles. The maximum atomic E-state index is 3.83. The Kier molecular flexibility index (Phi) is 2.61. The fourth-order valence-electron chi connectivity index (χ4n) is 3.85. The van der Waals surface area contributed by atoms with Gasteiger partial charge in [0.1, 0.15) is 0 Å². The molecule has 0 amide bonds. The van der Waals surface area contributed by atoms with E-state index in [0.717, 1.165) is 11.8 Å².